The predicted octanol–water partition coefficient (Wildman–Crippen LogP) is 3.32. The summed E-state index contributed by atoms with van der Waals surface area (Å²) in [7, 11) is 0. The van der Waals surface area contributed by atoms with E-state index in [-0.39, 0.29) is 3.23 Å². The van der Waals surface area contributed by atoms with Gasteiger partial charge in [0.05, 0.1) is 3.23 Å². The summed E-state index contributed by atoms with van der Waals surface area (Å²) in [6.45, 7) is 4.47. The van der Waals surface area contributed by atoms with E-state index in [1.54, 1.807) is 0 Å². The van der Waals surface area contributed by atoms with Gasteiger partial charge in [0.25, 0.3) is 0 Å². The maximum atomic E-state index is 3.58. The Morgan fingerprint density at radius 1 is 1.50 bits per heavy atom. The molecule has 0 bridgehead atoms. The largest absolute Gasteiger partial charge is 0.0989 e. The van der Waals surface area contributed by atoms with Gasteiger partial charge >= 0.3 is 0 Å². The molecule has 1 fully saturated rings. The topological polar surface area (TPSA) is 0 Å². The van der Waals surface area contributed by atoms with E-state index in [1.807, 2.05) is 0 Å². The zero-order chi connectivity index (χ0) is 6.58. The summed E-state index contributed by atoms with van der Waals surface area (Å²) < 4.78 is 0.623. The minimum absolute atomic E-state index is 0.216. The first kappa shape index (κ1) is 7.79. The van der Waals surface area contributed by atoms with Gasteiger partial charge in [0, 0.05) is 3.42 Å². The third-order valence-corrected chi connectivity index (χ3v) is 8.21. The van der Waals surface area contributed by atoms with Crippen molar-refractivity contribution in [3.05, 3.63) is 0 Å². The second-order valence-corrected chi connectivity index (χ2v) is 8.23. The molecule has 1 aliphatic carbocycles. The van der Waals surface area contributed by atoms with Crippen LogP contribution in [-0.2, 0) is 0 Å². The van der Waals surface area contributed by atoms with Crippen LogP contribution in [-0.4, -0.2) is 6.66 Å². The number of rotatable bonds is 0. The molecule has 0 aromatic heterocycles. The molecule has 2 atom stereocenters. The summed E-state index contributed by atoms with van der Waals surface area (Å²) in [5.41, 5.74) is 0. The van der Waals surface area contributed by atoms with E-state index in [9.17, 15) is 0 Å². The number of alkyl halides is 3. The van der Waals surface area contributed by atoms with Crippen molar-refractivity contribution in [2.75, 3.05) is 0 Å². The maximum Gasteiger partial charge on any atom is 0.0989 e. The van der Waals surface area contributed by atoms with E-state index < -0.39 is 0 Å². The first-order chi connectivity index (χ1) is 3.40. The molecule has 0 spiro atoms. The van der Waals surface area contributed by atoms with Crippen molar-refractivity contribution in [1.29, 1.82) is 0 Å². The van der Waals surface area contributed by atoms with Gasteiger partial charge in [-0.1, -0.05) is 61.4 Å². The van der Waals surface area contributed by atoms with Gasteiger partial charge in [0.2, 0.25) is 0 Å². The van der Waals surface area contributed by atoms with Crippen LogP contribution in [0.1, 0.15) is 13.8 Å². The molecule has 3 heteroatoms. The highest BCUT2D eigenvalue weighted by Gasteiger charge is 2.67. The Morgan fingerprint density at radius 2 is 1.62 bits per heavy atom. The normalized spacial score (nSPS) is 51.4. The summed E-state index contributed by atoms with van der Waals surface area (Å²) in [6, 6.07) is 0. The van der Waals surface area contributed by atoms with Crippen molar-refractivity contribution in [2.24, 2.45) is 5.92 Å². The van der Waals surface area contributed by atoms with Crippen LogP contribution in [0, 0.1) is 5.92 Å². The lowest BCUT2D eigenvalue weighted by molar-refractivity contribution is 0.903. The van der Waals surface area contributed by atoms with E-state index in [0.29, 0.717) is 3.42 Å². The molecule has 0 nitrogen and oxygen atoms in total. The number of hydrogen-bond donors (Lipinski definition) is 0. The average Bonchev–Trinajstić information content (AvgIpc) is 1.88. The Labute approximate surface area is 80.2 Å². The molecule has 0 radical (unpaired) electrons. The van der Waals surface area contributed by atoms with E-state index in [2.05, 4.69) is 68.3 Å². The lowest BCUT2D eigenvalue weighted by atomic mass is 10.4. The van der Waals surface area contributed by atoms with Gasteiger partial charge in [-0.05, 0) is 12.8 Å². The molecule has 0 aromatic rings. The van der Waals surface area contributed by atoms with E-state index >= 15 is 0 Å². The summed E-state index contributed by atoms with van der Waals surface area (Å²) >= 11 is 9.63. The Bertz CT molecular complexity index is 106. The van der Waals surface area contributed by atoms with E-state index in [1.165, 1.54) is 0 Å². The monoisotopic (exact) mass is 352 g/mol. The highest BCUT2D eigenvalue weighted by molar-refractivity contribution is 14.1. The van der Waals surface area contributed by atoms with Crippen molar-refractivity contribution in [3.8, 4) is 0 Å². The molecule has 0 amide bonds. The van der Waals surface area contributed by atoms with Crippen LogP contribution in [0.2, 0.25) is 0 Å². The Kier molecular flexibility index (Phi) is 1.80. The predicted molar refractivity (Wildman–Crippen MR) is 52.2 cm³/mol. The summed E-state index contributed by atoms with van der Waals surface area (Å²) in [5.74, 6) is 0.732. The van der Waals surface area contributed by atoms with Crippen LogP contribution in [0.25, 0.3) is 0 Å². The highest BCUT2D eigenvalue weighted by Crippen LogP contribution is 2.69. The Hall–Kier alpha value is 1.69. The molecule has 1 saturated carbocycles. The van der Waals surface area contributed by atoms with Gasteiger partial charge < -0.3 is 0 Å². The molecular formula is C5H7Br2I. The van der Waals surface area contributed by atoms with Gasteiger partial charge in [-0.25, -0.2) is 0 Å². The van der Waals surface area contributed by atoms with Crippen LogP contribution < -0.4 is 0 Å². The van der Waals surface area contributed by atoms with Gasteiger partial charge in [-0.3, -0.25) is 0 Å². The molecular weight excluding hydrogens is 347 g/mol. The second-order valence-electron chi connectivity index (χ2n) is 2.42. The van der Waals surface area contributed by atoms with Crippen molar-refractivity contribution in [1.82, 2.24) is 0 Å². The molecule has 48 valence electrons. The highest BCUT2D eigenvalue weighted by atomic mass is 127. The van der Waals surface area contributed by atoms with Gasteiger partial charge in [-0.15, -0.1) is 0 Å². The standard InChI is InChI=1S/C5H7Br2I/c1-3-4(2,8)5(3,6)7/h3H,1-2H3/t3-,4+/m0/s1. The quantitative estimate of drug-likeness (QED) is 0.463. The van der Waals surface area contributed by atoms with Crippen LogP contribution in [0.3, 0.4) is 0 Å². The fourth-order valence-corrected chi connectivity index (χ4v) is 3.70. The zero-order valence-corrected chi connectivity index (χ0v) is 10.0. The van der Waals surface area contributed by atoms with Crippen LogP contribution in [0.5, 0.6) is 0 Å². The van der Waals surface area contributed by atoms with Crippen molar-refractivity contribution in [3.63, 3.8) is 0 Å². The Morgan fingerprint density at radius 3 is 1.62 bits per heavy atom. The van der Waals surface area contributed by atoms with Gasteiger partial charge in [0.15, 0.2) is 0 Å². The van der Waals surface area contributed by atoms with E-state index in [0.717, 1.165) is 5.92 Å². The first-order valence-corrected chi connectivity index (χ1v) is 5.14. The molecule has 0 saturated heterocycles. The van der Waals surface area contributed by atoms with Crippen molar-refractivity contribution >= 4 is 54.5 Å². The minimum atomic E-state index is 0.216. The lowest BCUT2D eigenvalue weighted by Gasteiger charge is -1.97. The molecule has 0 aliphatic heterocycles. The van der Waals surface area contributed by atoms with Crippen molar-refractivity contribution < 1.29 is 0 Å². The van der Waals surface area contributed by atoms with Crippen molar-refractivity contribution in [2.45, 2.75) is 20.5 Å². The van der Waals surface area contributed by atoms with Crippen LogP contribution in [0.15, 0.2) is 0 Å². The molecule has 0 heterocycles. The van der Waals surface area contributed by atoms with Gasteiger partial charge in [-0.2, -0.15) is 0 Å². The molecule has 0 N–H and O–H groups in total. The molecule has 8 heavy (non-hydrogen) atoms. The van der Waals surface area contributed by atoms with Gasteiger partial charge in [0.1, 0.15) is 0 Å². The number of hydrogen-bond acceptors (Lipinski definition) is 0. The average molecular weight is 354 g/mol. The smallest absolute Gasteiger partial charge is 0.0763 e. The summed E-state index contributed by atoms with van der Waals surface area (Å²) in [6.07, 6.45) is 0. The SMILES string of the molecule is C[C@@H]1C(Br)(Br)[C@]1(C)I. The Balaban J connectivity index is 2.72. The third kappa shape index (κ3) is 0.804. The molecule has 0 unspecified atom stereocenters. The summed E-state index contributed by atoms with van der Waals surface area (Å²) in [4.78, 5) is 0. The molecule has 0 aromatic carbocycles. The van der Waals surface area contributed by atoms with Crippen LogP contribution >= 0.6 is 54.5 Å². The minimum Gasteiger partial charge on any atom is -0.0763 e. The zero-order valence-electron chi connectivity index (χ0n) is 4.71. The summed E-state index contributed by atoms with van der Waals surface area (Å²) in [5, 5.41) is 0. The molecule has 1 rings (SSSR count). The second kappa shape index (κ2) is 1.84. The number of halogens is 3. The third-order valence-electron chi connectivity index (χ3n) is 1.93. The fraction of sp³-hybridized carbons (Fsp3) is 1.00. The maximum absolute atomic E-state index is 3.58. The van der Waals surface area contributed by atoms with Crippen LogP contribution in [0.4, 0.5) is 0 Å². The first-order valence-electron chi connectivity index (χ1n) is 2.47. The fourth-order valence-electron chi connectivity index (χ4n) is 0.696. The molecule has 1 aliphatic rings. The lowest BCUT2D eigenvalue weighted by Crippen LogP contribution is -1.97. The van der Waals surface area contributed by atoms with E-state index in [4.69, 9.17) is 0 Å².